The molecule has 0 saturated carbocycles. The molecule has 6 nitrogen and oxygen atoms in total. The first kappa shape index (κ1) is 21.3. The van der Waals surface area contributed by atoms with Crippen LogP contribution in [0.3, 0.4) is 0 Å². The Kier molecular flexibility index (Phi) is 6.90. The summed E-state index contributed by atoms with van der Waals surface area (Å²) in [5.41, 5.74) is 2.87. The van der Waals surface area contributed by atoms with Gasteiger partial charge in [-0.15, -0.1) is 22.7 Å². The average Bonchev–Trinajstić information content (AvgIpc) is 3.33. The Bertz CT molecular complexity index is 1030. The predicted molar refractivity (Wildman–Crippen MR) is 121 cm³/mol. The van der Waals surface area contributed by atoms with Gasteiger partial charge in [-0.3, -0.25) is 9.52 Å². The van der Waals surface area contributed by atoms with E-state index >= 15 is 0 Å². The lowest BCUT2D eigenvalue weighted by atomic mass is 10.2. The van der Waals surface area contributed by atoms with Crippen LogP contribution in [0.25, 0.3) is 0 Å². The van der Waals surface area contributed by atoms with Gasteiger partial charge in [-0.2, -0.15) is 5.26 Å². The summed E-state index contributed by atoms with van der Waals surface area (Å²) >= 11 is 4.37. The highest BCUT2D eigenvalue weighted by atomic mass is 32.2. The molecule has 0 unspecified atom stereocenters. The molecule has 0 aliphatic carbocycles. The Morgan fingerprint density at radius 3 is 2.62 bits per heavy atom. The highest BCUT2D eigenvalue weighted by Crippen LogP contribution is 2.34. The van der Waals surface area contributed by atoms with Gasteiger partial charge in [0.15, 0.2) is 5.13 Å². The number of aryl methyl sites for hydroxylation is 1. The molecule has 0 bridgehead atoms. The van der Waals surface area contributed by atoms with E-state index in [1.165, 1.54) is 23.3 Å². The van der Waals surface area contributed by atoms with E-state index in [2.05, 4.69) is 35.0 Å². The molecular weight excluding hydrogens is 422 g/mol. The van der Waals surface area contributed by atoms with Gasteiger partial charge >= 0.3 is 0 Å². The molecule has 0 spiro atoms. The van der Waals surface area contributed by atoms with E-state index in [1.54, 1.807) is 29.7 Å². The largest absolute Gasteiger partial charge is 0.312 e. The molecule has 29 heavy (non-hydrogen) atoms. The third-order valence-corrected chi connectivity index (χ3v) is 6.70. The predicted octanol–water partition coefficient (Wildman–Crippen LogP) is 5.25. The molecular formula is C20H21N5OS3. The average molecular weight is 444 g/mol. The number of nitrogens with one attached hydrogen (secondary N) is 1. The molecule has 0 fully saturated rings. The number of benzene rings is 1. The van der Waals surface area contributed by atoms with Crippen LogP contribution in [-0.2, 0) is 6.54 Å². The minimum absolute atomic E-state index is 0.201. The topological polar surface area (TPSA) is 81.9 Å². The van der Waals surface area contributed by atoms with E-state index in [0.717, 1.165) is 26.4 Å². The number of carbonyl (C=O) groups excluding carboxylic acids is 1. The molecule has 0 saturated heterocycles. The molecule has 2 aromatic heterocycles. The van der Waals surface area contributed by atoms with E-state index in [0.29, 0.717) is 23.7 Å². The fourth-order valence-electron chi connectivity index (χ4n) is 2.66. The van der Waals surface area contributed by atoms with Gasteiger partial charge in [0.1, 0.15) is 5.69 Å². The highest BCUT2D eigenvalue weighted by molar-refractivity contribution is 7.97. The smallest absolute Gasteiger partial charge is 0.280 e. The first-order valence-electron chi connectivity index (χ1n) is 8.95. The van der Waals surface area contributed by atoms with Crippen molar-refractivity contribution in [1.82, 2.24) is 14.7 Å². The van der Waals surface area contributed by atoms with Gasteiger partial charge in [-0.25, -0.2) is 9.97 Å². The normalized spacial score (nSPS) is 10.8. The quantitative estimate of drug-likeness (QED) is 0.502. The lowest BCUT2D eigenvalue weighted by Gasteiger charge is -2.21. The van der Waals surface area contributed by atoms with Gasteiger partial charge in [0.05, 0.1) is 28.9 Å². The fraction of sp³-hybridized carbons (Fsp3) is 0.300. The van der Waals surface area contributed by atoms with Crippen molar-refractivity contribution < 1.29 is 4.79 Å². The maximum absolute atomic E-state index is 12.3. The van der Waals surface area contributed by atoms with Crippen LogP contribution in [0.2, 0.25) is 0 Å². The molecule has 1 amide bonds. The number of anilines is 2. The van der Waals surface area contributed by atoms with Crippen molar-refractivity contribution in [2.75, 3.05) is 11.2 Å². The van der Waals surface area contributed by atoms with E-state index in [1.807, 2.05) is 24.0 Å². The molecule has 150 valence electrons. The number of hydrogen-bond acceptors (Lipinski definition) is 8. The molecule has 0 aliphatic rings. The summed E-state index contributed by atoms with van der Waals surface area (Å²) in [6.07, 6.45) is 1.80. The minimum Gasteiger partial charge on any atom is -0.312 e. The first-order valence-corrected chi connectivity index (χ1v) is 11.9. The molecule has 1 aromatic carbocycles. The maximum Gasteiger partial charge on any atom is 0.280 e. The Morgan fingerprint density at radius 2 is 2.03 bits per heavy atom. The number of nitriles is 1. The summed E-state index contributed by atoms with van der Waals surface area (Å²) in [6, 6.07) is 9.50. The third kappa shape index (κ3) is 4.96. The lowest BCUT2D eigenvalue weighted by molar-refractivity contribution is 0.0980. The van der Waals surface area contributed by atoms with E-state index in [9.17, 15) is 4.79 Å². The third-order valence-electron chi connectivity index (χ3n) is 4.12. The zero-order valence-electron chi connectivity index (χ0n) is 16.6. The van der Waals surface area contributed by atoms with Crippen molar-refractivity contribution in [3.05, 3.63) is 56.5 Å². The van der Waals surface area contributed by atoms with Crippen LogP contribution < -0.4 is 9.62 Å². The van der Waals surface area contributed by atoms with E-state index in [-0.39, 0.29) is 5.91 Å². The monoisotopic (exact) mass is 443 g/mol. The summed E-state index contributed by atoms with van der Waals surface area (Å²) < 4.78 is 2.73. The molecule has 3 aromatic rings. The number of carbonyl (C=O) groups is 1. The Hall–Kier alpha value is -2.41. The summed E-state index contributed by atoms with van der Waals surface area (Å²) in [7, 11) is 0. The van der Waals surface area contributed by atoms with Crippen molar-refractivity contribution >= 4 is 51.3 Å². The number of amides is 1. The van der Waals surface area contributed by atoms with Crippen molar-refractivity contribution in [3.8, 4) is 6.07 Å². The number of aromatic nitrogens is 2. The van der Waals surface area contributed by atoms with Crippen LogP contribution in [0.15, 0.2) is 29.6 Å². The SMILES string of the molecule is CSNC(=O)c1nc(N(Cc2csc(C(C)C)n2)c2ccc(C#N)cc2)sc1C. The zero-order valence-corrected chi connectivity index (χ0v) is 19.0. The van der Waals surface area contributed by atoms with Gasteiger partial charge in [0, 0.05) is 28.1 Å². The van der Waals surface area contributed by atoms with Crippen molar-refractivity contribution in [3.63, 3.8) is 0 Å². The number of hydrogen-bond donors (Lipinski definition) is 1. The van der Waals surface area contributed by atoms with Crippen LogP contribution in [0.4, 0.5) is 10.8 Å². The number of nitrogens with zero attached hydrogens (tertiary/aromatic N) is 4. The van der Waals surface area contributed by atoms with Gasteiger partial charge in [-0.05, 0) is 31.2 Å². The lowest BCUT2D eigenvalue weighted by Crippen LogP contribution is -2.19. The molecule has 0 aliphatic heterocycles. The maximum atomic E-state index is 12.3. The molecule has 3 rings (SSSR count). The second kappa shape index (κ2) is 9.39. The van der Waals surface area contributed by atoms with E-state index in [4.69, 9.17) is 10.2 Å². The zero-order chi connectivity index (χ0) is 21.0. The van der Waals surface area contributed by atoms with Gasteiger partial charge in [0.25, 0.3) is 5.91 Å². The van der Waals surface area contributed by atoms with Gasteiger partial charge in [-0.1, -0.05) is 25.8 Å². The fourth-order valence-corrected chi connectivity index (χ4v) is 4.69. The second-order valence-corrected chi connectivity index (χ2v) is 9.30. The first-order chi connectivity index (χ1) is 13.9. The Morgan fingerprint density at radius 1 is 1.31 bits per heavy atom. The van der Waals surface area contributed by atoms with E-state index < -0.39 is 0 Å². The molecule has 1 N–H and O–H groups in total. The van der Waals surface area contributed by atoms with Crippen LogP contribution in [0, 0.1) is 18.3 Å². The van der Waals surface area contributed by atoms with Crippen molar-refractivity contribution in [1.29, 1.82) is 5.26 Å². The summed E-state index contributed by atoms with van der Waals surface area (Å²) in [5.74, 6) is 0.175. The van der Waals surface area contributed by atoms with Crippen LogP contribution >= 0.6 is 34.6 Å². The van der Waals surface area contributed by atoms with Crippen molar-refractivity contribution in [2.45, 2.75) is 33.2 Å². The summed E-state index contributed by atoms with van der Waals surface area (Å²) in [6.45, 7) is 6.68. The number of thiazole rings is 2. The molecule has 0 atom stereocenters. The van der Waals surface area contributed by atoms with Crippen LogP contribution in [0.1, 0.15) is 51.4 Å². The van der Waals surface area contributed by atoms with Gasteiger partial charge in [0.2, 0.25) is 0 Å². The summed E-state index contributed by atoms with van der Waals surface area (Å²) in [5, 5.41) is 13.0. The molecule has 2 heterocycles. The summed E-state index contributed by atoms with van der Waals surface area (Å²) in [4.78, 5) is 24.6. The Labute approximate surface area is 182 Å². The second-order valence-electron chi connectivity index (χ2n) is 6.61. The highest BCUT2D eigenvalue weighted by Gasteiger charge is 2.21. The van der Waals surface area contributed by atoms with Crippen molar-refractivity contribution in [2.24, 2.45) is 0 Å². The standard InChI is InChI=1S/C20H21N5OS3/c1-12(2)19-22-15(11-28-19)10-25(16-7-5-14(9-21)6-8-16)20-23-17(13(3)29-20)18(26)24-27-4/h5-8,11-12H,10H2,1-4H3,(H,24,26). The number of rotatable bonds is 7. The van der Waals surface area contributed by atoms with Crippen LogP contribution in [-0.4, -0.2) is 22.1 Å². The minimum atomic E-state index is -0.201. The van der Waals surface area contributed by atoms with Crippen LogP contribution in [0.5, 0.6) is 0 Å². The van der Waals surface area contributed by atoms with Gasteiger partial charge < -0.3 is 4.90 Å². The molecule has 9 heteroatoms. The molecule has 0 radical (unpaired) electrons. The Balaban J connectivity index is 1.99.